The van der Waals surface area contributed by atoms with Crippen molar-refractivity contribution in [2.24, 2.45) is 0 Å². The molecule has 15 heavy (non-hydrogen) atoms. The molecule has 1 aromatic rings. The highest BCUT2D eigenvalue weighted by molar-refractivity contribution is 5.90. The molecule has 0 unspecified atom stereocenters. The molecule has 0 aromatic heterocycles. The maximum absolute atomic E-state index is 11.1. The Hall–Kier alpha value is -2.17. The monoisotopic (exact) mass is 207 g/mol. The number of carbonyl (C=O) groups is 1. The highest BCUT2D eigenvalue weighted by Gasteiger charge is 2.15. The van der Waals surface area contributed by atoms with Gasteiger partial charge in [-0.25, -0.2) is 4.79 Å². The van der Waals surface area contributed by atoms with Crippen LogP contribution in [0.2, 0.25) is 0 Å². The number of nitro groups is 1. The van der Waals surface area contributed by atoms with Crippen LogP contribution in [0.4, 0.5) is 5.69 Å². The molecule has 0 N–H and O–H groups in total. The average Bonchev–Trinajstić information content (AvgIpc) is 2.27. The van der Waals surface area contributed by atoms with E-state index >= 15 is 0 Å². The fourth-order valence-corrected chi connectivity index (χ4v) is 1.12. The van der Waals surface area contributed by atoms with E-state index in [0.29, 0.717) is 5.56 Å². The third-order valence-corrected chi connectivity index (χ3v) is 1.87. The number of nitrogens with zero attached hydrogens (tertiary/aromatic N) is 1. The number of carbonyl (C=O) groups excluding carboxylic acids is 1. The molecule has 0 atom stereocenters. The lowest BCUT2D eigenvalue weighted by Crippen LogP contribution is -2.02. The van der Waals surface area contributed by atoms with E-state index in [4.69, 9.17) is 0 Å². The van der Waals surface area contributed by atoms with Crippen molar-refractivity contribution in [1.82, 2.24) is 0 Å². The van der Waals surface area contributed by atoms with Gasteiger partial charge in [-0.1, -0.05) is 12.7 Å². The van der Waals surface area contributed by atoms with Crippen LogP contribution in [0.15, 0.2) is 24.8 Å². The SMILES string of the molecule is C=Cc1ccc(C(=O)OC)cc1[N+](=O)[O-]. The zero-order valence-corrected chi connectivity index (χ0v) is 8.10. The van der Waals surface area contributed by atoms with Crippen LogP contribution >= 0.6 is 0 Å². The molecule has 0 aliphatic heterocycles. The van der Waals surface area contributed by atoms with E-state index in [9.17, 15) is 14.9 Å². The van der Waals surface area contributed by atoms with Gasteiger partial charge >= 0.3 is 5.97 Å². The molecule has 0 aliphatic carbocycles. The zero-order chi connectivity index (χ0) is 11.4. The van der Waals surface area contributed by atoms with Gasteiger partial charge in [0.1, 0.15) is 0 Å². The number of hydrogen-bond donors (Lipinski definition) is 0. The van der Waals surface area contributed by atoms with Gasteiger partial charge < -0.3 is 4.74 Å². The predicted molar refractivity (Wildman–Crippen MR) is 54.5 cm³/mol. The fourth-order valence-electron chi connectivity index (χ4n) is 1.12. The maximum Gasteiger partial charge on any atom is 0.338 e. The van der Waals surface area contributed by atoms with Gasteiger partial charge in [0, 0.05) is 6.07 Å². The van der Waals surface area contributed by atoms with Gasteiger partial charge in [-0.15, -0.1) is 0 Å². The molecule has 5 heteroatoms. The minimum atomic E-state index is -0.603. The molecule has 1 rings (SSSR count). The Morgan fingerprint density at radius 2 is 2.27 bits per heavy atom. The Morgan fingerprint density at radius 3 is 2.73 bits per heavy atom. The lowest BCUT2D eigenvalue weighted by molar-refractivity contribution is -0.385. The normalized spacial score (nSPS) is 9.40. The molecule has 0 aliphatic rings. The van der Waals surface area contributed by atoms with Crippen molar-refractivity contribution in [3.8, 4) is 0 Å². The molecule has 0 saturated heterocycles. The van der Waals surface area contributed by atoms with E-state index in [0.717, 1.165) is 0 Å². The predicted octanol–water partition coefficient (Wildman–Crippen LogP) is 2.02. The summed E-state index contributed by atoms with van der Waals surface area (Å²) in [6, 6.07) is 4.08. The van der Waals surface area contributed by atoms with Crippen molar-refractivity contribution in [1.29, 1.82) is 0 Å². The van der Waals surface area contributed by atoms with Gasteiger partial charge in [0.05, 0.1) is 23.2 Å². The van der Waals surface area contributed by atoms with Gasteiger partial charge in [-0.3, -0.25) is 10.1 Å². The van der Waals surface area contributed by atoms with Crippen LogP contribution < -0.4 is 0 Å². The van der Waals surface area contributed by atoms with E-state index in [1.165, 1.54) is 31.4 Å². The molecular weight excluding hydrogens is 198 g/mol. The molecule has 0 amide bonds. The molecule has 1 aromatic carbocycles. The van der Waals surface area contributed by atoms with Gasteiger partial charge in [-0.05, 0) is 12.1 Å². The van der Waals surface area contributed by atoms with Crippen LogP contribution in [0, 0.1) is 10.1 Å². The third kappa shape index (κ3) is 2.19. The standard InChI is InChI=1S/C10H9NO4/c1-3-7-4-5-8(10(12)15-2)6-9(7)11(13)14/h3-6H,1H2,2H3. The number of nitro benzene ring substituents is 1. The van der Waals surface area contributed by atoms with Gasteiger partial charge in [-0.2, -0.15) is 0 Å². The smallest absolute Gasteiger partial charge is 0.338 e. The zero-order valence-electron chi connectivity index (χ0n) is 8.10. The molecule has 0 fully saturated rings. The first-order valence-electron chi connectivity index (χ1n) is 4.09. The number of ether oxygens (including phenoxy) is 1. The molecule has 0 saturated carbocycles. The molecule has 0 spiro atoms. The van der Waals surface area contributed by atoms with Gasteiger partial charge in [0.15, 0.2) is 0 Å². The van der Waals surface area contributed by atoms with E-state index in [2.05, 4.69) is 11.3 Å². The third-order valence-electron chi connectivity index (χ3n) is 1.87. The van der Waals surface area contributed by atoms with Crippen LogP contribution in [-0.2, 0) is 4.74 Å². The highest BCUT2D eigenvalue weighted by atomic mass is 16.6. The van der Waals surface area contributed by atoms with Crippen molar-refractivity contribution in [3.63, 3.8) is 0 Å². The summed E-state index contributed by atoms with van der Waals surface area (Å²) in [7, 11) is 1.22. The number of methoxy groups -OCH3 is 1. The van der Waals surface area contributed by atoms with Crippen LogP contribution in [0.1, 0.15) is 15.9 Å². The first kappa shape index (κ1) is 10.9. The van der Waals surface area contributed by atoms with Crippen LogP contribution in [-0.4, -0.2) is 18.0 Å². The Kier molecular flexibility index (Phi) is 3.17. The molecule has 0 heterocycles. The summed E-state index contributed by atoms with van der Waals surface area (Å²) < 4.78 is 4.46. The topological polar surface area (TPSA) is 69.4 Å². The van der Waals surface area contributed by atoms with E-state index in [-0.39, 0.29) is 11.3 Å². The lowest BCUT2D eigenvalue weighted by atomic mass is 10.1. The Bertz CT molecular complexity index is 425. The Balaban J connectivity index is 3.27. The average molecular weight is 207 g/mol. The maximum atomic E-state index is 11.1. The molecule has 78 valence electrons. The number of rotatable bonds is 3. The van der Waals surface area contributed by atoms with Crippen molar-refractivity contribution < 1.29 is 14.5 Å². The first-order chi connectivity index (χ1) is 7.10. The summed E-state index contributed by atoms with van der Waals surface area (Å²) in [6.45, 7) is 3.45. The van der Waals surface area contributed by atoms with Crippen LogP contribution in [0.3, 0.4) is 0 Å². The molecule has 5 nitrogen and oxygen atoms in total. The van der Waals surface area contributed by atoms with E-state index < -0.39 is 10.9 Å². The molecule has 0 bridgehead atoms. The Labute approximate surface area is 86.1 Å². The largest absolute Gasteiger partial charge is 0.465 e. The lowest BCUT2D eigenvalue weighted by Gasteiger charge is -2.01. The first-order valence-corrected chi connectivity index (χ1v) is 4.09. The second-order valence-corrected chi connectivity index (χ2v) is 2.73. The summed E-state index contributed by atoms with van der Waals surface area (Å²) in [4.78, 5) is 21.2. The van der Waals surface area contributed by atoms with Crippen molar-refractivity contribution in [2.75, 3.05) is 7.11 Å². The quantitative estimate of drug-likeness (QED) is 0.432. The minimum Gasteiger partial charge on any atom is -0.465 e. The summed E-state index contributed by atoms with van der Waals surface area (Å²) >= 11 is 0. The summed E-state index contributed by atoms with van der Waals surface area (Å²) in [6.07, 6.45) is 1.36. The summed E-state index contributed by atoms with van der Waals surface area (Å²) in [5, 5.41) is 10.6. The van der Waals surface area contributed by atoms with E-state index in [1.54, 1.807) is 0 Å². The van der Waals surface area contributed by atoms with Gasteiger partial charge in [0.25, 0.3) is 5.69 Å². The van der Waals surface area contributed by atoms with Crippen molar-refractivity contribution >= 4 is 17.7 Å². The van der Waals surface area contributed by atoms with E-state index in [1.807, 2.05) is 0 Å². The number of benzene rings is 1. The van der Waals surface area contributed by atoms with Crippen LogP contribution in [0.5, 0.6) is 0 Å². The summed E-state index contributed by atoms with van der Waals surface area (Å²) in [5.41, 5.74) is 0.357. The summed E-state index contributed by atoms with van der Waals surface area (Å²) in [5.74, 6) is -0.603. The van der Waals surface area contributed by atoms with Gasteiger partial charge in [0.2, 0.25) is 0 Å². The van der Waals surface area contributed by atoms with Crippen molar-refractivity contribution in [3.05, 3.63) is 46.0 Å². The van der Waals surface area contributed by atoms with Crippen molar-refractivity contribution in [2.45, 2.75) is 0 Å². The second-order valence-electron chi connectivity index (χ2n) is 2.73. The number of hydrogen-bond acceptors (Lipinski definition) is 4. The molecule has 0 radical (unpaired) electrons. The fraction of sp³-hybridized carbons (Fsp3) is 0.100. The van der Waals surface area contributed by atoms with Crippen LogP contribution in [0.25, 0.3) is 6.08 Å². The Morgan fingerprint density at radius 1 is 1.60 bits per heavy atom. The second kappa shape index (κ2) is 4.36. The molecular formula is C10H9NO4. The number of esters is 1. The minimum absolute atomic E-state index is 0.148. The highest BCUT2D eigenvalue weighted by Crippen LogP contribution is 2.21.